The summed E-state index contributed by atoms with van der Waals surface area (Å²) in [4.78, 5) is 22.4. The fraction of sp³-hybridized carbons (Fsp3) is 0.150. The molecule has 0 saturated heterocycles. The standard InChI is InChI=1S/C40H32O4/c1-4-34-27-32(15-21-35(34)20-14-30-18-24-38(25-19-30)44-40(42)6-3)12-13-33-17-23-36-28-31(16-22-37(36)29-33)11-9-7-8-10-26-43-39(41)5-2/h5-6,15-19,21-25,27-29H,2-4,7-8,10,26H2,1H3. The van der Waals surface area contributed by atoms with E-state index in [4.69, 9.17) is 9.47 Å². The van der Waals surface area contributed by atoms with Crippen LogP contribution in [0.1, 0.15) is 59.6 Å². The molecule has 4 aromatic carbocycles. The van der Waals surface area contributed by atoms with Crippen molar-refractivity contribution in [3.63, 3.8) is 0 Å². The highest BCUT2D eigenvalue weighted by atomic mass is 16.5. The molecule has 0 spiro atoms. The van der Waals surface area contributed by atoms with E-state index in [1.165, 1.54) is 6.08 Å². The summed E-state index contributed by atoms with van der Waals surface area (Å²) in [5.41, 5.74) is 5.76. The van der Waals surface area contributed by atoms with Crippen molar-refractivity contribution >= 4 is 22.7 Å². The fourth-order valence-electron chi connectivity index (χ4n) is 4.25. The third kappa shape index (κ3) is 9.39. The molecule has 0 unspecified atom stereocenters. The van der Waals surface area contributed by atoms with Crippen molar-refractivity contribution in [2.45, 2.75) is 32.6 Å². The smallest absolute Gasteiger partial charge is 0.335 e. The van der Waals surface area contributed by atoms with Gasteiger partial charge >= 0.3 is 11.9 Å². The average Bonchev–Trinajstić information content (AvgIpc) is 3.06. The van der Waals surface area contributed by atoms with E-state index >= 15 is 0 Å². The molecule has 0 aliphatic carbocycles. The molecule has 0 aromatic heterocycles. The molecule has 0 N–H and O–H groups in total. The molecule has 216 valence electrons. The summed E-state index contributed by atoms with van der Waals surface area (Å²) in [6.07, 6.45) is 5.53. The number of benzene rings is 4. The Bertz CT molecular complexity index is 1880. The van der Waals surface area contributed by atoms with E-state index in [-0.39, 0.29) is 5.97 Å². The molecule has 4 heteroatoms. The number of rotatable bonds is 8. The van der Waals surface area contributed by atoms with Crippen LogP contribution in [0.15, 0.2) is 104 Å². The number of aryl methyl sites for hydroxylation is 1. The first kappa shape index (κ1) is 31.2. The van der Waals surface area contributed by atoms with Crippen LogP contribution in [0.5, 0.6) is 5.75 Å². The van der Waals surface area contributed by atoms with Crippen LogP contribution >= 0.6 is 0 Å². The summed E-state index contributed by atoms with van der Waals surface area (Å²) in [7, 11) is 0. The molecule has 4 aromatic rings. The van der Waals surface area contributed by atoms with Crippen molar-refractivity contribution in [3.8, 4) is 41.3 Å². The zero-order valence-electron chi connectivity index (χ0n) is 24.7. The zero-order valence-corrected chi connectivity index (χ0v) is 24.7. The topological polar surface area (TPSA) is 52.6 Å². The number of unbranched alkanes of at least 4 members (excludes halogenated alkanes) is 2. The minimum atomic E-state index is -0.494. The molecule has 0 radical (unpaired) electrons. The first-order valence-electron chi connectivity index (χ1n) is 14.4. The zero-order chi connectivity index (χ0) is 31.1. The van der Waals surface area contributed by atoms with Crippen molar-refractivity contribution in [1.29, 1.82) is 0 Å². The second-order valence-electron chi connectivity index (χ2n) is 9.78. The second kappa shape index (κ2) is 16.0. The molecule has 0 aliphatic rings. The van der Waals surface area contributed by atoms with Gasteiger partial charge in [0.15, 0.2) is 0 Å². The van der Waals surface area contributed by atoms with Crippen LogP contribution in [0.4, 0.5) is 0 Å². The molecule has 4 nitrogen and oxygen atoms in total. The Morgan fingerprint density at radius 2 is 1.27 bits per heavy atom. The molecule has 0 atom stereocenters. The monoisotopic (exact) mass is 576 g/mol. The van der Waals surface area contributed by atoms with Crippen LogP contribution in [0.25, 0.3) is 10.8 Å². The fourth-order valence-corrected chi connectivity index (χ4v) is 4.25. The predicted molar refractivity (Wildman–Crippen MR) is 176 cm³/mol. The van der Waals surface area contributed by atoms with E-state index in [0.29, 0.717) is 12.4 Å². The Hall–Kier alpha value is -5.76. The van der Waals surface area contributed by atoms with E-state index < -0.39 is 5.97 Å². The van der Waals surface area contributed by atoms with Gasteiger partial charge < -0.3 is 9.47 Å². The van der Waals surface area contributed by atoms with Crippen LogP contribution in [-0.2, 0) is 20.7 Å². The lowest BCUT2D eigenvalue weighted by molar-refractivity contribution is -0.137. The van der Waals surface area contributed by atoms with Crippen molar-refractivity contribution < 1.29 is 19.1 Å². The summed E-state index contributed by atoms with van der Waals surface area (Å²) in [6, 6.07) is 25.5. The van der Waals surface area contributed by atoms with E-state index in [9.17, 15) is 9.59 Å². The van der Waals surface area contributed by atoms with Crippen LogP contribution < -0.4 is 4.74 Å². The van der Waals surface area contributed by atoms with Crippen LogP contribution in [0, 0.1) is 35.5 Å². The highest BCUT2D eigenvalue weighted by Crippen LogP contribution is 2.18. The number of carbonyl (C=O) groups excluding carboxylic acids is 2. The third-order valence-electron chi connectivity index (χ3n) is 6.60. The molecule has 0 fully saturated rings. The van der Waals surface area contributed by atoms with Gasteiger partial charge in [0.05, 0.1) is 6.61 Å². The Labute approximate surface area is 259 Å². The van der Waals surface area contributed by atoms with Crippen molar-refractivity contribution in [2.75, 3.05) is 6.61 Å². The summed E-state index contributed by atoms with van der Waals surface area (Å²) in [5, 5.41) is 2.22. The Morgan fingerprint density at radius 3 is 1.93 bits per heavy atom. The normalized spacial score (nSPS) is 9.75. The molecule has 0 saturated carbocycles. The SMILES string of the molecule is C=CC(=O)OCCCCC#Cc1ccc2cc(C#Cc3ccc(C#Cc4ccc(OC(=O)C=C)cc4)c(CC)c3)ccc2c1. The molecule has 4 rings (SSSR count). The maximum absolute atomic E-state index is 11.3. The maximum atomic E-state index is 11.3. The van der Waals surface area contributed by atoms with E-state index in [2.05, 4.69) is 85.9 Å². The van der Waals surface area contributed by atoms with E-state index in [1.54, 1.807) is 12.1 Å². The van der Waals surface area contributed by atoms with Crippen molar-refractivity contribution in [2.24, 2.45) is 0 Å². The molecule has 44 heavy (non-hydrogen) atoms. The lowest BCUT2D eigenvalue weighted by Gasteiger charge is -2.03. The molecular formula is C40H32O4. The predicted octanol–water partition coefficient (Wildman–Crippen LogP) is 7.54. The number of hydrogen-bond acceptors (Lipinski definition) is 4. The molecule has 0 heterocycles. The van der Waals surface area contributed by atoms with E-state index in [1.807, 2.05) is 36.4 Å². The Kier molecular flexibility index (Phi) is 11.4. The van der Waals surface area contributed by atoms with Gasteiger partial charge in [-0.05, 0) is 102 Å². The van der Waals surface area contributed by atoms with Gasteiger partial charge in [0.1, 0.15) is 5.75 Å². The quantitative estimate of drug-likeness (QED) is 0.0715. The second-order valence-corrected chi connectivity index (χ2v) is 9.78. The van der Waals surface area contributed by atoms with Gasteiger partial charge in [-0.25, -0.2) is 9.59 Å². The number of ether oxygens (including phenoxy) is 2. The molecule has 0 amide bonds. The molecule has 0 aliphatic heterocycles. The van der Waals surface area contributed by atoms with Gasteiger partial charge in [-0.3, -0.25) is 0 Å². The van der Waals surface area contributed by atoms with E-state index in [0.717, 1.165) is 75.9 Å². The lowest BCUT2D eigenvalue weighted by Crippen LogP contribution is -2.02. The number of fused-ring (bicyclic) bond motifs is 1. The number of esters is 2. The number of hydrogen-bond donors (Lipinski definition) is 0. The maximum Gasteiger partial charge on any atom is 0.335 e. The van der Waals surface area contributed by atoms with Crippen molar-refractivity contribution in [3.05, 3.63) is 138 Å². The third-order valence-corrected chi connectivity index (χ3v) is 6.60. The first-order chi connectivity index (χ1) is 21.5. The van der Waals surface area contributed by atoms with Gasteiger partial charge in [-0.2, -0.15) is 0 Å². The molecule has 0 bridgehead atoms. The lowest BCUT2D eigenvalue weighted by atomic mass is 10.0. The Balaban J connectivity index is 1.38. The van der Waals surface area contributed by atoms with Crippen molar-refractivity contribution in [1.82, 2.24) is 0 Å². The van der Waals surface area contributed by atoms with Crippen LogP contribution in [0.3, 0.4) is 0 Å². The average molecular weight is 577 g/mol. The van der Waals surface area contributed by atoms with Gasteiger partial charge in [0, 0.05) is 46.4 Å². The first-order valence-corrected chi connectivity index (χ1v) is 14.4. The van der Waals surface area contributed by atoms with Crippen LogP contribution in [0.2, 0.25) is 0 Å². The number of carbonyl (C=O) groups is 2. The minimum Gasteiger partial charge on any atom is -0.463 e. The summed E-state index contributed by atoms with van der Waals surface area (Å²) in [5.74, 6) is 19.0. The van der Waals surface area contributed by atoms with Crippen LogP contribution in [-0.4, -0.2) is 18.5 Å². The molecular weight excluding hydrogens is 544 g/mol. The highest BCUT2D eigenvalue weighted by Gasteiger charge is 2.02. The summed E-state index contributed by atoms with van der Waals surface area (Å²) in [6.45, 7) is 9.28. The highest BCUT2D eigenvalue weighted by molar-refractivity contribution is 5.85. The summed E-state index contributed by atoms with van der Waals surface area (Å²) < 4.78 is 10.1. The van der Waals surface area contributed by atoms with Gasteiger partial charge in [0.2, 0.25) is 0 Å². The Morgan fingerprint density at radius 1 is 0.682 bits per heavy atom. The van der Waals surface area contributed by atoms with Gasteiger partial charge in [-0.15, -0.1) is 0 Å². The summed E-state index contributed by atoms with van der Waals surface area (Å²) >= 11 is 0. The minimum absolute atomic E-state index is 0.389. The largest absolute Gasteiger partial charge is 0.463 e. The van der Waals surface area contributed by atoms with Gasteiger partial charge in [-0.1, -0.05) is 67.7 Å². The van der Waals surface area contributed by atoms with Gasteiger partial charge in [0.25, 0.3) is 0 Å².